The van der Waals surface area contributed by atoms with Gasteiger partial charge in [-0.15, -0.1) is 0 Å². The van der Waals surface area contributed by atoms with Gasteiger partial charge in [0, 0.05) is 0 Å². The lowest BCUT2D eigenvalue weighted by Crippen LogP contribution is -2.50. The van der Waals surface area contributed by atoms with Gasteiger partial charge in [0.25, 0.3) is 0 Å². The lowest BCUT2D eigenvalue weighted by Gasteiger charge is -2.31. The fourth-order valence-corrected chi connectivity index (χ4v) is 4.63. The molecule has 3 aromatic carbocycles. The molecule has 0 saturated carbocycles. The van der Waals surface area contributed by atoms with Crippen LogP contribution in [0.15, 0.2) is 91.0 Å². The third-order valence-corrected chi connectivity index (χ3v) is 7.08. The quantitative estimate of drug-likeness (QED) is 0.141. The normalized spacial score (nSPS) is 13.8. The molecule has 10 heteroatoms. The minimum atomic E-state index is -1.27. The van der Waals surface area contributed by atoms with E-state index in [0.717, 1.165) is 16.7 Å². The van der Waals surface area contributed by atoms with Crippen LogP contribution in [0, 0.1) is 11.8 Å². The molecule has 1 amide bonds. The SMILES string of the molecule is CC(C)C(=O)O[C@@H]([C@H](C)OC(=O)C(COCc1ccccc1)NC(=O)OC(C)(C)C)[C@@H](Cc1ccccc1)C(=O)OCc1ccccc1. The molecule has 4 atom stereocenters. The van der Waals surface area contributed by atoms with Gasteiger partial charge in [-0.3, -0.25) is 9.59 Å². The van der Waals surface area contributed by atoms with Crippen molar-refractivity contribution in [2.24, 2.45) is 11.8 Å². The molecule has 0 heterocycles. The Morgan fingerprint density at radius 3 is 1.71 bits per heavy atom. The van der Waals surface area contributed by atoms with Crippen molar-refractivity contribution in [3.63, 3.8) is 0 Å². The maximum absolute atomic E-state index is 13.7. The molecular formula is C38H47NO9. The smallest absolute Gasteiger partial charge is 0.408 e. The zero-order chi connectivity index (χ0) is 35.1. The van der Waals surface area contributed by atoms with E-state index in [-0.39, 0.29) is 26.2 Å². The Labute approximate surface area is 283 Å². The van der Waals surface area contributed by atoms with Crippen LogP contribution < -0.4 is 5.32 Å². The zero-order valence-corrected chi connectivity index (χ0v) is 28.5. The molecule has 0 radical (unpaired) electrons. The maximum Gasteiger partial charge on any atom is 0.408 e. The van der Waals surface area contributed by atoms with Crippen molar-refractivity contribution >= 4 is 24.0 Å². The maximum atomic E-state index is 13.7. The Morgan fingerprint density at radius 1 is 0.667 bits per heavy atom. The summed E-state index contributed by atoms with van der Waals surface area (Å²) < 4.78 is 28.6. The Morgan fingerprint density at radius 2 is 1.19 bits per heavy atom. The Hall–Kier alpha value is -4.70. The average Bonchev–Trinajstić information content (AvgIpc) is 3.05. The van der Waals surface area contributed by atoms with E-state index in [1.807, 2.05) is 91.0 Å². The summed E-state index contributed by atoms with van der Waals surface area (Å²) in [6.45, 7) is 9.92. The van der Waals surface area contributed by atoms with Crippen molar-refractivity contribution in [1.29, 1.82) is 0 Å². The van der Waals surface area contributed by atoms with Crippen LogP contribution in [-0.2, 0) is 57.7 Å². The van der Waals surface area contributed by atoms with E-state index in [0.29, 0.717) is 0 Å². The van der Waals surface area contributed by atoms with Crippen molar-refractivity contribution in [3.05, 3.63) is 108 Å². The lowest BCUT2D eigenvalue weighted by atomic mass is 9.90. The van der Waals surface area contributed by atoms with Gasteiger partial charge < -0.3 is 29.0 Å². The molecule has 0 bridgehead atoms. The number of amides is 1. The molecule has 0 aliphatic heterocycles. The summed E-state index contributed by atoms with van der Waals surface area (Å²) in [5.41, 5.74) is 1.62. The molecule has 1 N–H and O–H groups in total. The van der Waals surface area contributed by atoms with Crippen LogP contribution in [0.5, 0.6) is 0 Å². The highest BCUT2D eigenvalue weighted by Gasteiger charge is 2.40. The monoisotopic (exact) mass is 661 g/mol. The summed E-state index contributed by atoms with van der Waals surface area (Å²) in [7, 11) is 0. The van der Waals surface area contributed by atoms with Crippen LogP contribution >= 0.6 is 0 Å². The molecule has 0 aromatic heterocycles. The van der Waals surface area contributed by atoms with Gasteiger partial charge >= 0.3 is 24.0 Å². The van der Waals surface area contributed by atoms with Crippen LogP contribution in [-0.4, -0.2) is 54.5 Å². The average molecular weight is 662 g/mol. The molecule has 0 aliphatic carbocycles. The van der Waals surface area contributed by atoms with Crippen LogP contribution in [0.25, 0.3) is 0 Å². The number of rotatable bonds is 16. The van der Waals surface area contributed by atoms with E-state index in [1.165, 1.54) is 6.92 Å². The standard InChI is InChI=1S/C38H47NO9/c1-26(2)34(40)47-33(31(22-28-16-10-7-11-17-28)35(41)45-24-30-20-14-9-15-21-30)27(3)46-36(42)32(39-37(43)48-38(4,5)6)25-44-23-29-18-12-8-13-19-29/h7-21,26-27,31-33H,22-25H2,1-6H3,(H,39,43)/t27-,31+,32?,33-/m0/s1. The first kappa shape index (κ1) is 37.8. The van der Waals surface area contributed by atoms with E-state index in [9.17, 15) is 19.2 Å². The summed E-state index contributed by atoms with van der Waals surface area (Å²) in [6.07, 6.45) is -3.05. The summed E-state index contributed by atoms with van der Waals surface area (Å²) in [6, 6.07) is 26.5. The van der Waals surface area contributed by atoms with E-state index in [1.54, 1.807) is 34.6 Å². The van der Waals surface area contributed by atoms with E-state index < -0.39 is 59.7 Å². The third kappa shape index (κ3) is 13.2. The summed E-state index contributed by atoms with van der Waals surface area (Å²) in [5, 5.41) is 2.53. The molecule has 0 aliphatic rings. The van der Waals surface area contributed by atoms with Crippen molar-refractivity contribution < 1.29 is 42.9 Å². The first-order valence-electron chi connectivity index (χ1n) is 16.1. The minimum Gasteiger partial charge on any atom is -0.460 e. The number of hydrogen-bond donors (Lipinski definition) is 1. The van der Waals surface area contributed by atoms with Gasteiger partial charge in [0.05, 0.1) is 19.1 Å². The number of benzene rings is 3. The molecule has 10 nitrogen and oxygen atoms in total. The highest BCUT2D eigenvalue weighted by atomic mass is 16.6. The highest BCUT2D eigenvalue weighted by molar-refractivity contribution is 5.82. The summed E-state index contributed by atoms with van der Waals surface area (Å²) in [5.74, 6) is -3.62. The largest absolute Gasteiger partial charge is 0.460 e. The van der Waals surface area contributed by atoms with Crippen molar-refractivity contribution in [1.82, 2.24) is 5.32 Å². The van der Waals surface area contributed by atoms with Crippen LogP contribution in [0.1, 0.15) is 58.2 Å². The van der Waals surface area contributed by atoms with E-state index >= 15 is 0 Å². The molecule has 258 valence electrons. The van der Waals surface area contributed by atoms with Crippen LogP contribution in [0.3, 0.4) is 0 Å². The Balaban J connectivity index is 1.86. The van der Waals surface area contributed by atoms with Gasteiger partial charge in [-0.25, -0.2) is 9.59 Å². The van der Waals surface area contributed by atoms with Crippen molar-refractivity contribution in [2.75, 3.05) is 6.61 Å². The number of esters is 3. The molecule has 1 unspecified atom stereocenters. The van der Waals surface area contributed by atoms with E-state index in [2.05, 4.69) is 5.32 Å². The predicted molar refractivity (Wildman–Crippen MR) is 179 cm³/mol. The van der Waals surface area contributed by atoms with Gasteiger partial charge in [0.15, 0.2) is 12.1 Å². The first-order valence-corrected chi connectivity index (χ1v) is 16.1. The number of carbonyl (C=O) groups excluding carboxylic acids is 4. The van der Waals surface area contributed by atoms with Gasteiger partial charge in [0.1, 0.15) is 24.2 Å². The lowest BCUT2D eigenvalue weighted by molar-refractivity contribution is -0.181. The number of hydrogen-bond acceptors (Lipinski definition) is 9. The Kier molecular flexibility index (Phi) is 14.6. The van der Waals surface area contributed by atoms with Crippen molar-refractivity contribution in [2.45, 2.75) is 85.0 Å². The second-order valence-electron chi connectivity index (χ2n) is 12.8. The van der Waals surface area contributed by atoms with Gasteiger partial charge in [-0.2, -0.15) is 0 Å². The fraction of sp³-hybridized carbons (Fsp3) is 0.421. The molecule has 0 fully saturated rings. The summed E-state index contributed by atoms with van der Waals surface area (Å²) in [4.78, 5) is 53.1. The number of ether oxygens (including phenoxy) is 5. The highest BCUT2D eigenvalue weighted by Crippen LogP contribution is 2.24. The molecule has 3 aromatic rings. The van der Waals surface area contributed by atoms with Crippen molar-refractivity contribution in [3.8, 4) is 0 Å². The molecule has 48 heavy (non-hydrogen) atoms. The number of alkyl carbamates (subject to hydrolysis) is 1. The number of carbonyl (C=O) groups is 4. The molecular weight excluding hydrogens is 614 g/mol. The van der Waals surface area contributed by atoms with Gasteiger partial charge in [-0.05, 0) is 50.8 Å². The second kappa shape index (κ2) is 18.6. The minimum absolute atomic E-state index is 0.00458. The molecule has 0 spiro atoms. The first-order chi connectivity index (χ1) is 22.8. The predicted octanol–water partition coefficient (Wildman–Crippen LogP) is 6.20. The number of nitrogens with one attached hydrogen (secondary N) is 1. The van der Waals surface area contributed by atoms with Crippen LogP contribution in [0.2, 0.25) is 0 Å². The van der Waals surface area contributed by atoms with Gasteiger partial charge in [0.2, 0.25) is 0 Å². The van der Waals surface area contributed by atoms with Gasteiger partial charge in [-0.1, -0.05) is 105 Å². The third-order valence-electron chi connectivity index (χ3n) is 7.08. The summed E-state index contributed by atoms with van der Waals surface area (Å²) >= 11 is 0. The topological polar surface area (TPSA) is 126 Å². The van der Waals surface area contributed by atoms with E-state index in [4.69, 9.17) is 23.7 Å². The zero-order valence-electron chi connectivity index (χ0n) is 28.5. The van der Waals surface area contributed by atoms with Crippen LogP contribution in [0.4, 0.5) is 4.79 Å². The molecule has 3 rings (SSSR count). The Bertz CT molecular complexity index is 1440. The fourth-order valence-electron chi connectivity index (χ4n) is 4.63. The molecule has 0 saturated heterocycles. The second-order valence-corrected chi connectivity index (χ2v) is 12.8.